The molecule has 1 atom stereocenters. The largest absolute Gasteiger partial charge is 0.376 e. The molecule has 0 aromatic rings. The fraction of sp³-hybridized carbons (Fsp3) is 1.00. The van der Waals surface area contributed by atoms with Gasteiger partial charge in [0.2, 0.25) is 0 Å². The molecule has 0 bridgehead atoms. The van der Waals surface area contributed by atoms with Crippen molar-refractivity contribution in [1.29, 1.82) is 0 Å². The highest BCUT2D eigenvalue weighted by atomic mass is 31.2. The summed E-state index contributed by atoms with van der Waals surface area (Å²) in [6.07, 6.45) is 6.62. The molecule has 0 aliphatic rings. The van der Waals surface area contributed by atoms with Crippen molar-refractivity contribution in [2.45, 2.75) is 71.4 Å². The first-order valence-electron chi connectivity index (χ1n) is 8.03. The van der Waals surface area contributed by atoms with Crippen LogP contribution in [0.3, 0.4) is 0 Å². The second-order valence-electron chi connectivity index (χ2n) is 5.23. The predicted octanol–water partition coefficient (Wildman–Crippen LogP) is 3.67. The van der Waals surface area contributed by atoms with Gasteiger partial charge in [0.1, 0.15) is 6.23 Å². The van der Waals surface area contributed by atoms with Crippen LogP contribution in [0.1, 0.15) is 65.2 Å². The highest BCUT2D eigenvalue weighted by molar-refractivity contribution is 7.53. The lowest BCUT2D eigenvalue weighted by Crippen LogP contribution is -2.29. The fourth-order valence-electron chi connectivity index (χ4n) is 1.86. The maximum Gasteiger partial charge on any atom is 0.334 e. The zero-order chi connectivity index (χ0) is 16.0. The number of nitrogens with one attached hydrogen (secondary N) is 1. The lowest BCUT2D eigenvalue weighted by molar-refractivity contribution is 0.0117. The van der Waals surface area contributed by atoms with Crippen LogP contribution in [0.5, 0.6) is 0 Å². The molecular weight excluding hydrogens is 293 g/mol. The summed E-state index contributed by atoms with van der Waals surface area (Å²) in [5.74, 6) is 0. The van der Waals surface area contributed by atoms with E-state index in [1.807, 2.05) is 0 Å². The molecule has 128 valence electrons. The SMILES string of the molecule is CCCCCCOP(=O)(CC(O)NO)OCCCCCC. The van der Waals surface area contributed by atoms with Crippen molar-refractivity contribution in [3.8, 4) is 0 Å². The molecule has 6 nitrogen and oxygen atoms in total. The Hall–Kier alpha value is 0.0300. The molecule has 0 aromatic carbocycles. The monoisotopic (exact) mass is 325 g/mol. The average Bonchev–Trinajstić information content (AvgIpc) is 2.46. The maximum atomic E-state index is 12.5. The van der Waals surface area contributed by atoms with Gasteiger partial charge in [-0.25, -0.2) is 0 Å². The van der Waals surface area contributed by atoms with Crippen LogP contribution >= 0.6 is 7.60 Å². The summed E-state index contributed by atoms with van der Waals surface area (Å²) in [6, 6.07) is 0. The third-order valence-electron chi connectivity index (χ3n) is 3.12. The van der Waals surface area contributed by atoms with Crippen molar-refractivity contribution in [3.05, 3.63) is 0 Å². The minimum atomic E-state index is -3.36. The van der Waals surface area contributed by atoms with E-state index in [1.165, 1.54) is 0 Å². The number of aliphatic hydroxyl groups excluding tert-OH is 1. The Bertz CT molecular complexity index is 260. The molecule has 3 N–H and O–H groups in total. The van der Waals surface area contributed by atoms with Gasteiger partial charge in [0, 0.05) is 0 Å². The van der Waals surface area contributed by atoms with Gasteiger partial charge in [-0.3, -0.25) is 4.57 Å². The standard InChI is InChI=1S/C14H32NO5P/c1-3-5-7-9-11-19-21(18,13-14(16)15-17)20-12-10-8-6-4-2/h14-17H,3-13H2,1-2H3. The van der Waals surface area contributed by atoms with Gasteiger partial charge in [0.25, 0.3) is 0 Å². The molecule has 0 rings (SSSR count). The van der Waals surface area contributed by atoms with Crippen molar-refractivity contribution >= 4 is 7.60 Å². The van der Waals surface area contributed by atoms with Gasteiger partial charge in [-0.15, -0.1) is 0 Å². The number of unbranched alkanes of at least 4 members (excludes halogenated alkanes) is 6. The number of hydroxylamine groups is 1. The van der Waals surface area contributed by atoms with Gasteiger partial charge >= 0.3 is 7.60 Å². The molecule has 0 amide bonds. The highest BCUT2D eigenvalue weighted by Crippen LogP contribution is 2.48. The lowest BCUT2D eigenvalue weighted by Gasteiger charge is -2.20. The second-order valence-corrected chi connectivity index (χ2v) is 7.33. The molecule has 0 aliphatic heterocycles. The molecule has 0 spiro atoms. The minimum Gasteiger partial charge on any atom is -0.376 e. The molecule has 0 aromatic heterocycles. The average molecular weight is 325 g/mol. The number of rotatable bonds is 15. The van der Waals surface area contributed by atoms with Crippen molar-refractivity contribution in [1.82, 2.24) is 5.48 Å². The van der Waals surface area contributed by atoms with Gasteiger partial charge < -0.3 is 19.4 Å². The van der Waals surface area contributed by atoms with Crippen LogP contribution in [0.25, 0.3) is 0 Å². The van der Waals surface area contributed by atoms with Crippen LogP contribution in [-0.4, -0.2) is 35.9 Å². The molecule has 0 saturated heterocycles. The predicted molar refractivity (Wildman–Crippen MR) is 83.6 cm³/mol. The third kappa shape index (κ3) is 12.3. The van der Waals surface area contributed by atoms with E-state index in [4.69, 9.17) is 14.3 Å². The Morgan fingerprint density at radius 1 is 0.952 bits per heavy atom. The van der Waals surface area contributed by atoms with E-state index in [9.17, 15) is 9.67 Å². The minimum absolute atomic E-state index is 0.245. The lowest BCUT2D eigenvalue weighted by atomic mass is 10.2. The van der Waals surface area contributed by atoms with Gasteiger partial charge in [-0.2, -0.15) is 5.48 Å². The van der Waals surface area contributed by atoms with Crippen LogP contribution in [-0.2, 0) is 13.6 Å². The fourth-order valence-corrected chi connectivity index (χ4v) is 3.47. The summed E-state index contributed by atoms with van der Waals surface area (Å²) < 4.78 is 23.2. The molecule has 0 fully saturated rings. The highest BCUT2D eigenvalue weighted by Gasteiger charge is 2.28. The first-order chi connectivity index (χ1) is 10.1. The van der Waals surface area contributed by atoms with E-state index in [-0.39, 0.29) is 6.16 Å². The molecule has 0 radical (unpaired) electrons. The zero-order valence-electron chi connectivity index (χ0n) is 13.4. The van der Waals surface area contributed by atoms with Crippen LogP contribution in [0, 0.1) is 0 Å². The Morgan fingerprint density at radius 3 is 1.81 bits per heavy atom. The smallest absolute Gasteiger partial charge is 0.334 e. The zero-order valence-corrected chi connectivity index (χ0v) is 14.3. The van der Waals surface area contributed by atoms with Crippen LogP contribution in [0.4, 0.5) is 0 Å². The van der Waals surface area contributed by atoms with Crippen molar-refractivity contribution in [3.63, 3.8) is 0 Å². The number of hydrogen-bond acceptors (Lipinski definition) is 6. The van der Waals surface area contributed by atoms with Gasteiger partial charge in [-0.05, 0) is 12.8 Å². The molecule has 0 aliphatic carbocycles. The van der Waals surface area contributed by atoms with Gasteiger partial charge in [0.05, 0.1) is 19.4 Å². The van der Waals surface area contributed by atoms with Crippen LogP contribution < -0.4 is 5.48 Å². The van der Waals surface area contributed by atoms with Crippen LogP contribution in [0.2, 0.25) is 0 Å². The molecular formula is C14H32NO5P. The molecule has 7 heteroatoms. The number of aliphatic hydroxyl groups is 1. The Labute approximate surface area is 128 Å². The summed E-state index contributed by atoms with van der Waals surface area (Å²) in [5, 5.41) is 18.0. The summed E-state index contributed by atoms with van der Waals surface area (Å²) in [6.45, 7) is 4.94. The van der Waals surface area contributed by atoms with E-state index in [0.717, 1.165) is 51.4 Å². The summed E-state index contributed by atoms with van der Waals surface area (Å²) in [5.41, 5.74) is 1.67. The normalized spacial score (nSPS) is 13.5. The summed E-state index contributed by atoms with van der Waals surface area (Å²) >= 11 is 0. The number of hydrogen-bond donors (Lipinski definition) is 3. The first kappa shape index (κ1) is 21.0. The maximum absolute atomic E-state index is 12.5. The van der Waals surface area contributed by atoms with Crippen molar-refractivity contribution in [2.24, 2.45) is 0 Å². The molecule has 0 heterocycles. The van der Waals surface area contributed by atoms with Crippen LogP contribution in [0.15, 0.2) is 0 Å². The Morgan fingerprint density at radius 2 is 1.43 bits per heavy atom. The van der Waals surface area contributed by atoms with E-state index >= 15 is 0 Å². The van der Waals surface area contributed by atoms with Gasteiger partial charge in [-0.1, -0.05) is 52.4 Å². The summed E-state index contributed by atoms with van der Waals surface area (Å²) in [4.78, 5) is 0. The topological polar surface area (TPSA) is 88.0 Å². The third-order valence-corrected chi connectivity index (χ3v) is 5.06. The molecule has 21 heavy (non-hydrogen) atoms. The Balaban J connectivity index is 4.11. The Kier molecular flexibility index (Phi) is 13.7. The van der Waals surface area contributed by atoms with E-state index in [1.54, 1.807) is 5.48 Å². The molecule has 1 unspecified atom stereocenters. The van der Waals surface area contributed by atoms with Crippen molar-refractivity contribution < 1.29 is 23.9 Å². The van der Waals surface area contributed by atoms with Crippen molar-refractivity contribution in [2.75, 3.05) is 19.4 Å². The molecule has 0 saturated carbocycles. The summed E-state index contributed by atoms with van der Waals surface area (Å²) in [7, 11) is -3.36. The van der Waals surface area contributed by atoms with Gasteiger partial charge in [0.15, 0.2) is 0 Å². The van der Waals surface area contributed by atoms with E-state index in [0.29, 0.717) is 13.2 Å². The quantitative estimate of drug-likeness (QED) is 0.184. The van der Waals surface area contributed by atoms with E-state index < -0.39 is 13.8 Å². The van der Waals surface area contributed by atoms with E-state index in [2.05, 4.69) is 13.8 Å². The first-order valence-corrected chi connectivity index (χ1v) is 9.76. The second kappa shape index (κ2) is 13.7.